The molecule has 0 radical (unpaired) electrons. The van der Waals surface area contributed by atoms with E-state index in [4.69, 9.17) is 9.47 Å². The SMILES string of the molecule is CCNC(=NCCCSC)NCCCOCC1CCCO1. The summed E-state index contributed by atoms with van der Waals surface area (Å²) in [6.07, 6.45) is 6.89. The average Bonchev–Trinajstić information content (AvgIpc) is 3.00. The van der Waals surface area contributed by atoms with Gasteiger partial charge in [-0.3, -0.25) is 4.99 Å². The molecule has 6 heteroatoms. The molecule has 1 atom stereocenters. The fourth-order valence-electron chi connectivity index (χ4n) is 2.11. The van der Waals surface area contributed by atoms with Gasteiger partial charge >= 0.3 is 0 Å². The predicted octanol–water partition coefficient (Wildman–Crippen LogP) is 1.88. The molecule has 1 aliphatic heterocycles. The predicted molar refractivity (Wildman–Crippen MR) is 91.4 cm³/mol. The van der Waals surface area contributed by atoms with Crippen molar-refractivity contribution in [3.8, 4) is 0 Å². The van der Waals surface area contributed by atoms with E-state index >= 15 is 0 Å². The van der Waals surface area contributed by atoms with Crippen molar-refractivity contribution in [2.45, 2.75) is 38.7 Å². The minimum atomic E-state index is 0.327. The Morgan fingerprint density at radius 1 is 1.38 bits per heavy atom. The molecule has 124 valence electrons. The summed E-state index contributed by atoms with van der Waals surface area (Å²) in [5.74, 6) is 2.08. The van der Waals surface area contributed by atoms with Crippen molar-refractivity contribution in [3.63, 3.8) is 0 Å². The Kier molecular flexibility index (Phi) is 11.7. The smallest absolute Gasteiger partial charge is 0.191 e. The van der Waals surface area contributed by atoms with Crippen molar-refractivity contribution in [1.82, 2.24) is 10.6 Å². The van der Waals surface area contributed by atoms with Crippen LogP contribution in [0, 0.1) is 0 Å². The van der Waals surface area contributed by atoms with Crippen LogP contribution in [0.1, 0.15) is 32.6 Å². The zero-order valence-electron chi connectivity index (χ0n) is 13.5. The summed E-state index contributed by atoms with van der Waals surface area (Å²) in [5.41, 5.74) is 0. The molecule has 0 aromatic rings. The molecule has 1 heterocycles. The lowest BCUT2D eigenvalue weighted by Crippen LogP contribution is -2.38. The van der Waals surface area contributed by atoms with Crippen molar-refractivity contribution in [2.75, 3.05) is 51.5 Å². The number of rotatable bonds is 11. The molecule has 1 unspecified atom stereocenters. The number of nitrogens with one attached hydrogen (secondary N) is 2. The van der Waals surface area contributed by atoms with Crippen molar-refractivity contribution >= 4 is 17.7 Å². The molecular formula is C15H31N3O2S. The van der Waals surface area contributed by atoms with E-state index in [9.17, 15) is 0 Å². The molecule has 1 saturated heterocycles. The number of aliphatic imine (C=N–C) groups is 1. The third-order valence-electron chi connectivity index (χ3n) is 3.21. The second kappa shape index (κ2) is 13.2. The lowest BCUT2D eigenvalue weighted by atomic mass is 10.2. The first kappa shape index (κ1) is 18.6. The maximum Gasteiger partial charge on any atom is 0.191 e. The largest absolute Gasteiger partial charge is 0.379 e. The Hall–Kier alpha value is -0.460. The molecule has 0 bridgehead atoms. The Morgan fingerprint density at radius 2 is 2.29 bits per heavy atom. The first-order valence-electron chi connectivity index (χ1n) is 8.07. The van der Waals surface area contributed by atoms with E-state index in [1.165, 1.54) is 12.2 Å². The van der Waals surface area contributed by atoms with Gasteiger partial charge < -0.3 is 20.1 Å². The fraction of sp³-hybridized carbons (Fsp3) is 0.933. The summed E-state index contributed by atoms with van der Waals surface area (Å²) in [5, 5.41) is 6.61. The van der Waals surface area contributed by atoms with Crippen LogP contribution in [-0.4, -0.2) is 63.5 Å². The molecule has 0 amide bonds. The second-order valence-electron chi connectivity index (χ2n) is 5.10. The van der Waals surface area contributed by atoms with Crippen LogP contribution in [-0.2, 0) is 9.47 Å². The highest BCUT2D eigenvalue weighted by Gasteiger charge is 2.14. The molecule has 0 saturated carbocycles. The molecule has 1 rings (SSSR count). The van der Waals surface area contributed by atoms with E-state index in [0.29, 0.717) is 6.10 Å². The van der Waals surface area contributed by atoms with Gasteiger partial charge in [0.1, 0.15) is 0 Å². The van der Waals surface area contributed by atoms with Gasteiger partial charge in [-0.15, -0.1) is 0 Å². The summed E-state index contributed by atoms with van der Waals surface area (Å²) in [6, 6.07) is 0. The standard InChI is InChI=1S/C15H31N3O2S/c1-3-16-15(18-9-6-12-21-2)17-8-5-10-19-13-14-7-4-11-20-14/h14H,3-13H2,1-2H3,(H2,16,17,18). The summed E-state index contributed by atoms with van der Waals surface area (Å²) < 4.78 is 11.2. The average molecular weight is 317 g/mol. The summed E-state index contributed by atoms with van der Waals surface area (Å²) in [4.78, 5) is 4.55. The van der Waals surface area contributed by atoms with Crippen LogP contribution in [0.5, 0.6) is 0 Å². The third kappa shape index (κ3) is 9.98. The van der Waals surface area contributed by atoms with Crippen LogP contribution in [0.4, 0.5) is 0 Å². The molecule has 0 spiro atoms. The molecule has 5 nitrogen and oxygen atoms in total. The number of hydrogen-bond donors (Lipinski definition) is 2. The van der Waals surface area contributed by atoms with Gasteiger partial charge in [-0.25, -0.2) is 0 Å². The zero-order valence-corrected chi connectivity index (χ0v) is 14.3. The number of hydrogen-bond acceptors (Lipinski definition) is 4. The molecule has 21 heavy (non-hydrogen) atoms. The van der Waals surface area contributed by atoms with Crippen LogP contribution in [0.2, 0.25) is 0 Å². The lowest BCUT2D eigenvalue weighted by Gasteiger charge is -2.12. The Morgan fingerprint density at radius 3 is 3.00 bits per heavy atom. The highest BCUT2D eigenvalue weighted by atomic mass is 32.2. The summed E-state index contributed by atoms with van der Waals surface area (Å²) in [6.45, 7) is 7.16. The van der Waals surface area contributed by atoms with Gasteiger partial charge in [-0.05, 0) is 44.6 Å². The number of thioether (sulfide) groups is 1. The van der Waals surface area contributed by atoms with Gasteiger partial charge in [-0.1, -0.05) is 0 Å². The van der Waals surface area contributed by atoms with Crippen LogP contribution in [0.15, 0.2) is 4.99 Å². The van der Waals surface area contributed by atoms with Crippen molar-refractivity contribution in [2.24, 2.45) is 4.99 Å². The Balaban J connectivity index is 2.00. The van der Waals surface area contributed by atoms with Crippen molar-refractivity contribution in [1.29, 1.82) is 0 Å². The first-order valence-corrected chi connectivity index (χ1v) is 9.46. The molecule has 1 aliphatic rings. The highest BCUT2D eigenvalue weighted by Crippen LogP contribution is 2.11. The van der Waals surface area contributed by atoms with E-state index in [0.717, 1.165) is 64.7 Å². The summed E-state index contributed by atoms with van der Waals surface area (Å²) >= 11 is 1.87. The second-order valence-corrected chi connectivity index (χ2v) is 6.08. The molecule has 0 aliphatic carbocycles. The van der Waals surface area contributed by atoms with E-state index in [1.807, 2.05) is 11.8 Å². The minimum absolute atomic E-state index is 0.327. The van der Waals surface area contributed by atoms with Gasteiger partial charge in [0, 0.05) is 32.8 Å². The first-order chi connectivity index (χ1) is 10.4. The monoisotopic (exact) mass is 317 g/mol. The van der Waals surface area contributed by atoms with Gasteiger partial charge in [0.2, 0.25) is 0 Å². The fourth-order valence-corrected chi connectivity index (χ4v) is 2.53. The zero-order chi connectivity index (χ0) is 15.2. The van der Waals surface area contributed by atoms with E-state index < -0.39 is 0 Å². The Labute approximate surface area is 133 Å². The highest BCUT2D eigenvalue weighted by molar-refractivity contribution is 7.98. The lowest BCUT2D eigenvalue weighted by molar-refractivity contribution is 0.0168. The van der Waals surface area contributed by atoms with Gasteiger partial charge in [0.15, 0.2) is 5.96 Å². The van der Waals surface area contributed by atoms with E-state index in [1.54, 1.807) is 0 Å². The number of ether oxygens (including phenoxy) is 2. The quantitative estimate of drug-likeness (QED) is 0.346. The number of nitrogens with zero attached hydrogens (tertiary/aromatic N) is 1. The van der Waals surface area contributed by atoms with Crippen molar-refractivity contribution < 1.29 is 9.47 Å². The maximum atomic E-state index is 5.64. The maximum absolute atomic E-state index is 5.64. The molecule has 0 aromatic heterocycles. The van der Waals surface area contributed by atoms with E-state index in [-0.39, 0.29) is 0 Å². The summed E-state index contributed by atoms with van der Waals surface area (Å²) in [7, 11) is 0. The van der Waals surface area contributed by atoms with Crippen molar-refractivity contribution in [3.05, 3.63) is 0 Å². The van der Waals surface area contributed by atoms with Crippen LogP contribution >= 0.6 is 11.8 Å². The van der Waals surface area contributed by atoms with Gasteiger partial charge in [0.05, 0.1) is 12.7 Å². The molecule has 1 fully saturated rings. The van der Waals surface area contributed by atoms with Crippen LogP contribution in [0.25, 0.3) is 0 Å². The molecule has 0 aromatic carbocycles. The van der Waals surface area contributed by atoms with E-state index in [2.05, 4.69) is 28.8 Å². The topological polar surface area (TPSA) is 54.9 Å². The van der Waals surface area contributed by atoms with Crippen LogP contribution in [0.3, 0.4) is 0 Å². The molecular weight excluding hydrogens is 286 g/mol. The Bertz CT molecular complexity index is 272. The minimum Gasteiger partial charge on any atom is -0.379 e. The van der Waals surface area contributed by atoms with Gasteiger partial charge in [0.25, 0.3) is 0 Å². The third-order valence-corrected chi connectivity index (χ3v) is 3.90. The van der Waals surface area contributed by atoms with Gasteiger partial charge in [-0.2, -0.15) is 11.8 Å². The van der Waals surface area contributed by atoms with Crippen LogP contribution < -0.4 is 10.6 Å². The molecule has 2 N–H and O–H groups in total. The number of guanidine groups is 1. The normalized spacial score (nSPS) is 19.0.